The fraction of sp³-hybridized carbons (Fsp3) is 0.417. The van der Waals surface area contributed by atoms with Gasteiger partial charge in [-0.1, -0.05) is 38.1 Å². The van der Waals surface area contributed by atoms with E-state index < -0.39 is 11.9 Å². The number of aryl methyl sites for hydroxylation is 1. The van der Waals surface area contributed by atoms with Gasteiger partial charge in [0.1, 0.15) is 11.9 Å². The Morgan fingerprint density at radius 3 is 2.58 bits per heavy atom. The highest BCUT2D eigenvalue weighted by Gasteiger charge is 2.27. The van der Waals surface area contributed by atoms with Crippen LogP contribution in [0, 0.1) is 11.7 Å². The standard InChI is InChI=1S/C24H29FN2O4/c1-16(2)13-26-24(29)17(3)27(14-19-6-4-5-7-20(19)25)23(28)11-9-18-8-10-21-22(12-18)31-15-30-21/h4-8,10,12,16-17H,9,11,13-15H2,1-3H3,(H,26,29)/t17-/m1/s1. The molecule has 3 rings (SSSR count). The molecular weight excluding hydrogens is 399 g/mol. The minimum Gasteiger partial charge on any atom is -0.454 e. The summed E-state index contributed by atoms with van der Waals surface area (Å²) in [5.41, 5.74) is 1.31. The Kier molecular flexibility index (Phi) is 7.50. The van der Waals surface area contributed by atoms with Crippen LogP contribution in [0.1, 0.15) is 38.3 Å². The van der Waals surface area contributed by atoms with Gasteiger partial charge in [0, 0.05) is 25.1 Å². The molecule has 0 aromatic heterocycles. The predicted molar refractivity (Wildman–Crippen MR) is 115 cm³/mol. The van der Waals surface area contributed by atoms with Gasteiger partial charge >= 0.3 is 0 Å². The molecule has 1 N–H and O–H groups in total. The second-order valence-corrected chi connectivity index (χ2v) is 8.12. The number of carbonyl (C=O) groups excluding carboxylic acids is 2. The first-order valence-electron chi connectivity index (χ1n) is 10.5. The van der Waals surface area contributed by atoms with Crippen LogP contribution < -0.4 is 14.8 Å². The molecule has 1 atom stereocenters. The number of nitrogens with zero attached hydrogens (tertiary/aromatic N) is 1. The first-order chi connectivity index (χ1) is 14.8. The number of hydrogen-bond acceptors (Lipinski definition) is 4. The summed E-state index contributed by atoms with van der Waals surface area (Å²) in [5.74, 6) is 0.777. The molecule has 1 aliphatic heterocycles. The Labute approximate surface area is 182 Å². The maximum absolute atomic E-state index is 14.2. The van der Waals surface area contributed by atoms with Crippen LogP contribution in [0.3, 0.4) is 0 Å². The second kappa shape index (κ2) is 10.3. The van der Waals surface area contributed by atoms with Crippen molar-refractivity contribution in [3.8, 4) is 11.5 Å². The molecule has 1 aliphatic rings. The van der Waals surface area contributed by atoms with Crippen LogP contribution in [-0.2, 0) is 22.6 Å². The van der Waals surface area contributed by atoms with Crippen molar-refractivity contribution in [2.45, 2.75) is 46.2 Å². The molecule has 1 heterocycles. The van der Waals surface area contributed by atoms with E-state index in [-0.39, 0.29) is 37.5 Å². The third-order valence-corrected chi connectivity index (χ3v) is 5.21. The third kappa shape index (κ3) is 5.96. The van der Waals surface area contributed by atoms with E-state index >= 15 is 0 Å². The Morgan fingerprint density at radius 2 is 1.84 bits per heavy atom. The average Bonchev–Trinajstić information content (AvgIpc) is 3.22. The van der Waals surface area contributed by atoms with Crippen molar-refractivity contribution in [1.82, 2.24) is 10.2 Å². The Hall–Kier alpha value is -3.09. The zero-order valence-corrected chi connectivity index (χ0v) is 18.2. The van der Waals surface area contributed by atoms with Crippen LogP contribution in [0.25, 0.3) is 0 Å². The summed E-state index contributed by atoms with van der Waals surface area (Å²) >= 11 is 0. The maximum atomic E-state index is 14.2. The van der Waals surface area contributed by atoms with Crippen molar-refractivity contribution < 1.29 is 23.5 Å². The molecule has 7 heteroatoms. The lowest BCUT2D eigenvalue weighted by atomic mass is 10.1. The lowest BCUT2D eigenvalue weighted by Crippen LogP contribution is -2.48. The van der Waals surface area contributed by atoms with Crippen molar-refractivity contribution in [1.29, 1.82) is 0 Å². The molecule has 0 radical (unpaired) electrons. The van der Waals surface area contributed by atoms with Crippen LogP contribution in [0.4, 0.5) is 4.39 Å². The van der Waals surface area contributed by atoms with E-state index in [9.17, 15) is 14.0 Å². The van der Waals surface area contributed by atoms with Gasteiger partial charge in [0.2, 0.25) is 18.6 Å². The van der Waals surface area contributed by atoms with E-state index in [0.717, 1.165) is 5.56 Å². The molecule has 0 spiro atoms. The highest BCUT2D eigenvalue weighted by Crippen LogP contribution is 2.32. The molecule has 31 heavy (non-hydrogen) atoms. The summed E-state index contributed by atoms with van der Waals surface area (Å²) in [7, 11) is 0. The summed E-state index contributed by atoms with van der Waals surface area (Å²) < 4.78 is 24.9. The Morgan fingerprint density at radius 1 is 1.10 bits per heavy atom. The maximum Gasteiger partial charge on any atom is 0.242 e. The van der Waals surface area contributed by atoms with Gasteiger partial charge < -0.3 is 19.7 Å². The number of ether oxygens (including phenoxy) is 2. The summed E-state index contributed by atoms with van der Waals surface area (Å²) in [4.78, 5) is 27.2. The van der Waals surface area contributed by atoms with Gasteiger partial charge in [-0.25, -0.2) is 4.39 Å². The summed E-state index contributed by atoms with van der Waals surface area (Å²) in [6.45, 7) is 6.41. The first-order valence-corrected chi connectivity index (χ1v) is 10.5. The van der Waals surface area contributed by atoms with E-state index in [4.69, 9.17) is 9.47 Å². The topological polar surface area (TPSA) is 67.9 Å². The summed E-state index contributed by atoms with van der Waals surface area (Å²) in [6, 6.07) is 11.2. The van der Waals surface area contributed by atoms with E-state index in [1.165, 1.54) is 11.0 Å². The molecule has 0 unspecified atom stereocenters. The van der Waals surface area contributed by atoms with Crippen molar-refractivity contribution >= 4 is 11.8 Å². The largest absolute Gasteiger partial charge is 0.454 e. The average molecular weight is 429 g/mol. The van der Waals surface area contributed by atoms with Gasteiger partial charge in [0.15, 0.2) is 11.5 Å². The highest BCUT2D eigenvalue weighted by atomic mass is 19.1. The molecule has 2 aromatic rings. The van der Waals surface area contributed by atoms with Gasteiger partial charge in [-0.2, -0.15) is 0 Å². The van der Waals surface area contributed by atoms with Crippen LogP contribution >= 0.6 is 0 Å². The fourth-order valence-electron chi connectivity index (χ4n) is 3.34. The number of hydrogen-bond donors (Lipinski definition) is 1. The monoisotopic (exact) mass is 428 g/mol. The summed E-state index contributed by atoms with van der Waals surface area (Å²) in [6.07, 6.45) is 0.666. The fourth-order valence-corrected chi connectivity index (χ4v) is 3.34. The van der Waals surface area contributed by atoms with Gasteiger partial charge in [-0.3, -0.25) is 9.59 Å². The minimum atomic E-state index is -0.720. The number of rotatable bonds is 9. The van der Waals surface area contributed by atoms with E-state index in [2.05, 4.69) is 5.32 Å². The van der Waals surface area contributed by atoms with Crippen molar-refractivity contribution in [3.05, 3.63) is 59.4 Å². The normalized spacial score (nSPS) is 13.2. The molecule has 0 bridgehead atoms. The second-order valence-electron chi connectivity index (χ2n) is 8.12. The molecule has 6 nitrogen and oxygen atoms in total. The Bertz CT molecular complexity index is 932. The van der Waals surface area contributed by atoms with Crippen LogP contribution in [-0.4, -0.2) is 36.1 Å². The van der Waals surface area contributed by atoms with Crippen LogP contribution in [0.5, 0.6) is 11.5 Å². The van der Waals surface area contributed by atoms with Gasteiger partial charge in [-0.15, -0.1) is 0 Å². The number of halogens is 1. The molecule has 0 saturated carbocycles. The SMILES string of the molecule is CC(C)CNC(=O)[C@@H](C)N(Cc1ccccc1F)C(=O)CCc1ccc2c(c1)OCO2. The third-order valence-electron chi connectivity index (χ3n) is 5.21. The number of carbonyl (C=O) groups is 2. The van der Waals surface area contributed by atoms with E-state index in [1.807, 2.05) is 32.0 Å². The molecule has 0 fully saturated rings. The number of fused-ring (bicyclic) bond motifs is 1. The molecule has 2 aromatic carbocycles. The first kappa shape index (κ1) is 22.6. The van der Waals surface area contributed by atoms with Crippen molar-refractivity contribution in [3.63, 3.8) is 0 Å². The lowest BCUT2D eigenvalue weighted by molar-refractivity contribution is -0.140. The van der Waals surface area contributed by atoms with Gasteiger partial charge in [-0.05, 0) is 43.0 Å². The Balaban J connectivity index is 1.71. The highest BCUT2D eigenvalue weighted by molar-refractivity contribution is 5.87. The van der Waals surface area contributed by atoms with Crippen molar-refractivity contribution in [2.75, 3.05) is 13.3 Å². The zero-order valence-electron chi connectivity index (χ0n) is 18.2. The number of amides is 2. The lowest BCUT2D eigenvalue weighted by Gasteiger charge is -2.29. The van der Waals surface area contributed by atoms with Gasteiger partial charge in [0.25, 0.3) is 0 Å². The number of benzene rings is 2. The quantitative estimate of drug-likeness (QED) is 0.662. The zero-order chi connectivity index (χ0) is 22.4. The van der Waals surface area contributed by atoms with Crippen LogP contribution in [0.15, 0.2) is 42.5 Å². The molecule has 0 aliphatic carbocycles. The van der Waals surface area contributed by atoms with E-state index in [1.54, 1.807) is 25.1 Å². The smallest absolute Gasteiger partial charge is 0.242 e. The summed E-state index contributed by atoms with van der Waals surface area (Å²) in [5, 5.41) is 2.86. The van der Waals surface area contributed by atoms with Crippen molar-refractivity contribution in [2.24, 2.45) is 5.92 Å². The van der Waals surface area contributed by atoms with Gasteiger partial charge in [0.05, 0.1) is 0 Å². The molecule has 0 saturated heterocycles. The predicted octanol–water partition coefficient (Wildman–Crippen LogP) is 3.68. The van der Waals surface area contributed by atoms with Crippen LogP contribution in [0.2, 0.25) is 0 Å². The minimum absolute atomic E-state index is 0.0307. The number of nitrogens with one attached hydrogen (secondary N) is 1. The molecule has 2 amide bonds. The molecular formula is C24H29FN2O4. The molecule has 166 valence electrons. The van der Waals surface area contributed by atoms with E-state index in [0.29, 0.717) is 30.0 Å².